The van der Waals surface area contributed by atoms with Gasteiger partial charge in [-0.1, -0.05) is 0 Å². The van der Waals surface area contributed by atoms with Crippen molar-refractivity contribution in [1.29, 1.82) is 0 Å². The van der Waals surface area contributed by atoms with Crippen molar-refractivity contribution in [2.75, 3.05) is 37.4 Å². The van der Waals surface area contributed by atoms with Crippen molar-refractivity contribution in [1.82, 2.24) is 25.3 Å². The van der Waals surface area contributed by atoms with Gasteiger partial charge in [0.2, 0.25) is 5.95 Å². The van der Waals surface area contributed by atoms with Crippen LogP contribution in [0.1, 0.15) is 11.4 Å². The number of nitrogens with zero attached hydrogens (tertiary/aromatic N) is 4. The zero-order valence-electron chi connectivity index (χ0n) is 17.7. The molecule has 0 atom stereocenters. The Hall–Kier alpha value is -3.95. The van der Waals surface area contributed by atoms with Crippen molar-refractivity contribution in [2.45, 2.75) is 13.8 Å². The molecule has 2 heterocycles. The Bertz CT molecular complexity index is 1010. The van der Waals surface area contributed by atoms with E-state index in [1.165, 1.54) is 0 Å². The fourth-order valence-corrected chi connectivity index (χ4v) is 2.59. The van der Waals surface area contributed by atoms with Gasteiger partial charge in [0.1, 0.15) is 11.6 Å². The molecule has 3 N–H and O–H groups in total. The second kappa shape index (κ2) is 10.7. The van der Waals surface area contributed by atoms with E-state index in [9.17, 15) is 4.79 Å². The van der Waals surface area contributed by atoms with E-state index in [4.69, 9.17) is 9.47 Å². The van der Waals surface area contributed by atoms with E-state index in [1.54, 1.807) is 19.4 Å². The van der Waals surface area contributed by atoms with Gasteiger partial charge in [0.05, 0.1) is 7.11 Å². The van der Waals surface area contributed by atoms with Gasteiger partial charge >= 0.3 is 6.01 Å². The lowest BCUT2D eigenvalue weighted by Gasteiger charge is -2.11. The first-order chi connectivity index (χ1) is 15.0. The summed E-state index contributed by atoms with van der Waals surface area (Å²) >= 11 is 0. The van der Waals surface area contributed by atoms with Gasteiger partial charge in [-0.05, 0) is 44.2 Å². The molecule has 0 aliphatic rings. The molecule has 0 unspecified atom stereocenters. The van der Waals surface area contributed by atoms with E-state index < -0.39 is 0 Å². The van der Waals surface area contributed by atoms with E-state index in [0.29, 0.717) is 24.9 Å². The normalized spacial score (nSPS) is 10.3. The average molecular weight is 423 g/mol. The minimum Gasteiger partial charge on any atom is -0.497 e. The summed E-state index contributed by atoms with van der Waals surface area (Å²) in [6.45, 7) is 4.40. The number of aromatic nitrogens is 4. The van der Waals surface area contributed by atoms with E-state index in [-0.39, 0.29) is 18.5 Å². The van der Waals surface area contributed by atoms with Crippen molar-refractivity contribution in [3.8, 4) is 11.8 Å². The van der Waals surface area contributed by atoms with Crippen molar-refractivity contribution in [2.24, 2.45) is 0 Å². The van der Waals surface area contributed by atoms with Gasteiger partial charge < -0.3 is 25.4 Å². The van der Waals surface area contributed by atoms with Gasteiger partial charge in [-0.15, -0.1) is 0 Å². The van der Waals surface area contributed by atoms with Crippen molar-refractivity contribution in [3.63, 3.8) is 0 Å². The van der Waals surface area contributed by atoms with Crippen LogP contribution in [0.4, 0.5) is 17.5 Å². The molecule has 2 aromatic heterocycles. The Morgan fingerprint density at radius 2 is 1.81 bits per heavy atom. The summed E-state index contributed by atoms with van der Waals surface area (Å²) in [5.41, 5.74) is 2.47. The third kappa shape index (κ3) is 7.11. The fourth-order valence-electron chi connectivity index (χ4n) is 2.59. The van der Waals surface area contributed by atoms with Crippen LogP contribution in [0.3, 0.4) is 0 Å². The SMILES string of the molecule is COc1ccc(Nc2cc(C)nc(NCCNC(=O)COc3nccc(C)n3)n2)cc1. The maximum atomic E-state index is 11.9. The summed E-state index contributed by atoms with van der Waals surface area (Å²) in [5.74, 6) is 1.65. The molecule has 31 heavy (non-hydrogen) atoms. The lowest BCUT2D eigenvalue weighted by molar-refractivity contribution is -0.123. The van der Waals surface area contributed by atoms with Gasteiger partial charge in [0, 0.05) is 42.4 Å². The van der Waals surface area contributed by atoms with Crippen LogP contribution in [-0.4, -0.2) is 52.6 Å². The van der Waals surface area contributed by atoms with E-state index in [2.05, 4.69) is 35.9 Å². The molecule has 0 radical (unpaired) electrons. The number of aryl methyl sites for hydroxylation is 2. The lowest BCUT2D eigenvalue weighted by Crippen LogP contribution is -2.33. The highest BCUT2D eigenvalue weighted by Gasteiger charge is 2.06. The van der Waals surface area contributed by atoms with Gasteiger partial charge in [-0.25, -0.2) is 15.0 Å². The maximum absolute atomic E-state index is 11.9. The fraction of sp³-hybridized carbons (Fsp3) is 0.286. The molecule has 3 rings (SSSR count). The number of carbonyl (C=O) groups excluding carboxylic acids is 1. The third-order valence-corrected chi connectivity index (χ3v) is 4.05. The Balaban J connectivity index is 1.44. The van der Waals surface area contributed by atoms with E-state index in [0.717, 1.165) is 22.8 Å². The largest absolute Gasteiger partial charge is 0.497 e. The van der Waals surface area contributed by atoms with Crippen LogP contribution in [0.15, 0.2) is 42.6 Å². The molecule has 0 spiro atoms. The van der Waals surface area contributed by atoms with Crippen LogP contribution in [0, 0.1) is 13.8 Å². The molecule has 0 aliphatic heterocycles. The number of nitrogens with one attached hydrogen (secondary N) is 3. The Labute approximate surface area is 180 Å². The standard InChI is InChI=1S/C21H25N7O3/c1-14-8-9-24-21(26-14)31-13-19(29)22-10-11-23-20-25-15(2)12-18(28-20)27-16-4-6-17(30-3)7-5-16/h4-9,12H,10-11,13H2,1-3H3,(H,22,29)(H2,23,25,27,28). The molecule has 0 bridgehead atoms. The number of methoxy groups -OCH3 is 1. The number of benzene rings is 1. The second-order valence-corrected chi connectivity index (χ2v) is 6.62. The Kier molecular flexibility index (Phi) is 7.52. The maximum Gasteiger partial charge on any atom is 0.317 e. The minimum atomic E-state index is -0.265. The molecule has 0 aliphatic carbocycles. The highest BCUT2D eigenvalue weighted by Crippen LogP contribution is 2.19. The molecule has 0 saturated carbocycles. The molecule has 0 saturated heterocycles. The predicted molar refractivity (Wildman–Crippen MR) is 117 cm³/mol. The van der Waals surface area contributed by atoms with Crippen LogP contribution in [0.5, 0.6) is 11.8 Å². The first kappa shape index (κ1) is 21.8. The van der Waals surface area contributed by atoms with Crippen LogP contribution in [0.25, 0.3) is 0 Å². The second-order valence-electron chi connectivity index (χ2n) is 6.62. The molecule has 0 fully saturated rings. The number of anilines is 3. The van der Waals surface area contributed by atoms with Crippen molar-refractivity contribution < 1.29 is 14.3 Å². The number of ether oxygens (including phenoxy) is 2. The molecular weight excluding hydrogens is 398 g/mol. The zero-order chi connectivity index (χ0) is 22.1. The summed E-state index contributed by atoms with van der Waals surface area (Å²) in [6, 6.07) is 11.3. The van der Waals surface area contributed by atoms with Gasteiger partial charge in [0.15, 0.2) is 6.61 Å². The molecule has 10 heteroatoms. The highest BCUT2D eigenvalue weighted by molar-refractivity contribution is 5.77. The van der Waals surface area contributed by atoms with E-state index >= 15 is 0 Å². The van der Waals surface area contributed by atoms with Gasteiger partial charge in [-0.2, -0.15) is 4.98 Å². The monoisotopic (exact) mass is 423 g/mol. The molecule has 1 amide bonds. The van der Waals surface area contributed by atoms with Crippen molar-refractivity contribution >= 4 is 23.4 Å². The van der Waals surface area contributed by atoms with Crippen LogP contribution in [-0.2, 0) is 4.79 Å². The third-order valence-electron chi connectivity index (χ3n) is 4.05. The summed E-state index contributed by atoms with van der Waals surface area (Å²) in [4.78, 5) is 28.8. The zero-order valence-corrected chi connectivity index (χ0v) is 17.7. The minimum absolute atomic E-state index is 0.152. The summed E-state index contributed by atoms with van der Waals surface area (Å²) in [6.07, 6.45) is 1.58. The lowest BCUT2D eigenvalue weighted by atomic mass is 10.3. The van der Waals surface area contributed by atoms with Gasteiger partial charge in [0.25, 0.3) is 5.91 Å². The number of rotatable bonds is 10. The molecular formula is C21H25N7O3. The predicted octanol–water partition coefficient (Wildman–Crippen LogP) is 2.24. The molecule has 10 nitrogen and oxygen atoms in total. The van der Waals surface area contributed by atoms with Crippen LogP contribution < -0.4 is 25.4 Å². The molecule has 162 valence electrons. The van der Waals surface area contributed by atoms with Gasteiger partial charge in [-0.3, -0.25) is 4.79 Å². The number of hydrogen-bond donors (Lipinski definition) is 3. The first-order valence-corrected chi connectivity index (χ1v) is 9.71. The smallest absolute Gasteiger partial charge is 0.317 e. The molecule has 1 aromatic carbocycles. The summed E-state index contributed by atoms with van der Waals surface area (Å²) in [7, 11) is 1.63. The Morgan fingerprint density at radius 3 is 2.55 bits per heavy atom. The quantitative estimate of drug-likeness (QED) is 0.421. The first-order valence-electron chi connectivity index (χ1n) is 9.71. The molecule has 3 aromatic rings. The summed E-state index contributed by atoms with van der Waals surface area (Å²) in [5, 5.41) is 9.09. The van der Waals surface area contributed by atoms with E-state index in [1.807, 2.05) is 44.2 Å². The van der Waals surface area contributed by atoms with Crippen LogP contribution in [0.2, 0.25) is 0 Å². The Morgan fingerprint density at radius 1 is 1.00 bits per heavy atom. The number of hydrogen-bond acceptors (Lipinski definition) is 9. The van der Waals surface area contributed by atoms with Crippen LogP contribution >= 0.6 is 0 Å². The highest BCUT2D eigenvalue weighted by atomic mass is 16.5. The summed E-state index contributed by atoms with van der Waals surface area (Å²) < 4.78 is 10.4. The average Bonchev–Trinajstić information content (AvgIpc) is 2.75. The topological polar surface area (TPSA) is 123 Å². The van der Waals surface area contributed by atoms with Crippen molar-refractivity contribution in [3.05, 3.63) is 54.0 Å². The number of carbonyl (C=O) groups is 1. The number of amides is 1.